The van der Waals surface area contributed by atoms with Gasteiger partial charge >= 0.3 is 0 Å². The number of aromatic nitrogens is 7. The maximum Gasteiger partial charge on any atom is 0.293 e. The molecule has 2 aliphatic carbocycles. The Morgan fingerprint density at radius 2 is 1.74 bits per heavy atom. The van der Waals surface area contributed by atoms with Gasteiger partial charge in [0.25, 0.3) is 12.3 Å². The summed E-state index contributed by atoms with van der Waals surface area (Å²) in [6, 6.07) is 9.45. The standard InChI is InChI=1S/C43H38ClF6N7O3S/c1-42(2,41-51-12-13-55(41)3)11-10-26-6-7-28(29-8-9-32(44)35-33(21-61(5,59)60)53-56(4)38(29)35)36(52-26)23(14-22-15-24(45)18-25(46)16-22)17-27(58)20-57-39-34(37(54-57)40(47)48)30-19-31(30)43(39,49)50/h6-9,12-13,15-16,18,23,30-31,40H,14,17,19-21H2,1-5H3/t23-,30+,31-/m1/s1. The zero-order chi connectivity index (χ0) is 43.9. The van der Waals surface area contributed by atoms with Crippen LogP contribution >= 0.6 is 11.6 Å². The van der Waals surface area contributed by atoms with E-state index >= 15 is 8.78 Å². The monoisotopic (exact) mass is 881 g/mol. The summed E-state index contributed by atoms with van der Waals surface area (Å²) in [4.78, 5) is 23.6. The van der Waals surface area contributed by atoms with Crippen molar-refractivity contribution in [2.75, 3.05) is 6.26 Å². The van der Waals surface area contributed by atoms with Gasteiger partial charge < -0.3 is 4.57 Å². The zero-order valence-corrected chi connectivity index (χ0v) is 35.0. The lowest BCUT2D eigenvalue weighted by molar-refractivity contribution is -0.120. The molecule has 0 unspecified atom stereocenters. The Kier molecular flexibility index (Phi) is 10.5. The molecule has 0 saturated heterocycles. The van der Waals surface area contributed by atoms with Crippen molar-refractivity contribution in [1.82, 2.24) is 34.1 Å². The van der Waals surface area contributed by atoms with Gasteiger partial charge in [-0.2, -0.15) is 19.0 Å². The normalized spacial score (nSPS) is 17.3. The minimum atomic E-state index is -3.57. The molecule has 4 aromatic heterocycles. The van der Waals surface area contributed by atoms with Gasteiger partial charge in [-0.3, -0.25) is 14.2 Å². The fourth-order valence-electron chi connectivity index (χ4n) is 8.72. The van der Waals surface area contributed by atoms with Crippen LogP contribution in [0.5, 0.6) is 0 Å². The number of pyridine rings is 1. The third-order valence-corrected chi connectivity index (χ3v) is 12.4. The summed E-state index contributed by atoms with van der Waals surface area (Å²) in [6.45, 7) is 2.96. The largest absolute Gasteiger partial charge is 0.337 e. The van der Waals surface area contributed by atoms with Crippen molar-refractivity contribution >= 4 is 38.1 Å². The predicted octanol–water partition coefficient (Wildman–Crippen LogP) is 8.50. The van der Waals surface area contributed by atoms with Crippen LogP contribution in [0.2, 0.25) is 5.02 Å². The molecule has 1 fully saturated rings. The number of aryl methyl sites for hydroxylation is 2. The van der Waals surface area contributed by atoms with Crippen LogP contribution in [0.25, 0.3) is 22.0 Å². The second-order valence-electron chi connectivity index (χ2n) is 16.4. The maximum atomic E-state index is 15.5. The molecule has 1 saturated carbocycles. The molecule has 0 bridgehead atoms. The van der Waals surface area contributed by atoms with Crippen molar-refractivity contribution in [2.24, 2.45) is 20.0 Å². The lowest BCUT2D eigenvalue weighted by Gasteiger charge is -2.22. The molecule has 2 aromatic carbocycles. The first-order valence-electron chi connectivity index (χ1n) is 19.2. The molecule has 2 aliphatic rings. The van der Waals surface area contributed by atoms with Crippen molar-refractivity contribution in [3.8, 4) is 23.0 Å². The number of imidazole rings is 1. The van der Waals surface area contributed by atoms with E-state index in [0.717, 1.165) is 18.4 Å². The van der Waals surface area contributed by atoms with Gasteiger partial charge in [0.15, 0.2) is 15.6 Å². The molecule has 4 heterocycles. The fraction of sp³-hybridized carbons (Fsp3) is 0.372. The average Bonchev–Trinajstić information content (AvgIpc) is 3.37. The van der Waals surface area contributed by atoms with E-state index < -0.39 is 92.9 Å². The highest BCUT2D eigenvalue weighted by atomic mass is 35.5. The quantitative estimate of drug-likeness (QED) is 0.0894. The van der Waals surface area contributed by atoms with Crippen molar-refractivity contribution in [3.05, 3.63) is 117 Å². The van der Waals surface area contributed by atoms with Gasteiger partial charge in [0.1, 0.15) is 41.1 Å². The van der Waals surface area contributed by atoms with Crippen molar-refractivity contribution < 1.29 is 39.6 Å². The predicted molar refractivity (Wildman–Crippen MR) is 215 cm³/mol. The lowest BCUT2D eigenvalue weighted by atomic mass is 9.86. The number of sulfone groups is 1. The van der Waals surface area contributed by atoms with E-state index in [0.29, 0.717) is 38.6 Å². The average molecular weight is 882 g/mol. The van der Waals surface area contributed by atoms with E-state index in [1.54, 1.807) is 43.7 Å². The Labute approximate surface area is 351 Å². The molecule has 0 amide bonds. The first-order valence-corrected chi connectivity index (χ1v) is 21.6. The summed E-state index contributed by atoms with van der Waals surface area (Å²) < 4.78 is 118. The summed E-state index contributed by atoms with van der Waals surface area (Å²) in [5.74, 6) is -2.33. The minimum Gasteiger partial charge on any atom is -0.337 e. The maximum absolute atomic E-state index is 15.5. The van der Waals surface area contributed by atoms with E-state index in [4.69, 9.17) is 16.6 Å². The number of rotatable bonds is 12. The van der Waals surface area contributed by atoms with Crippen LogP contribution in [-0.2, 0) is 58.8 Å². The van der Waals surface area contributed by atoms with Gasteiger partial charge in [0.2, 0.25) is 0 Å². The number of nitrogens with zero attached hydrogens (tertiary/aromatic N) is 7. The molecule has 8 rings (SSSR count). The fourth-order valence-corrected chi connectivity index (χ4v) is 9.68. The zero-order valence-electron chi connectivity index (χ0n) is 33.5. The topological polar surface area (TPSA) is 118 Å². The van der Waals surface area contributed by atoms with Gasteiger partial charge in [0.05, 0.1) is 33.1 Å². The number of carbonyl (C=O) groups is 1. The second kappa shape index (κ2) is 15.2. The molecular weight excluding hydrogens is 844 g/mol. The van der Waals surface area contributed by atoms with E-state index in [2.05, 4.69) is 27.0 Å². The van der Waals surface area contributed by atoms with Crippen LogP contribution in [0.3, 0.4) is 0 Å². The van der Waals surface area contributed by atoms with Crippen molar-refractivity contribution in [1.29, 1.82) is 0 Å². The molecular formula is C43H38ClF6N7O3S. The summed E-state index contributed by atoms with van der Waals surface area (Å²) >= 11 is 6.69. The van der Waals surface area contributed by atoms with E-state index in [9.17, 15) is 30.8 Å². The van der Waals surface area contributed by atoms with Crippen LogP contribution < -0.4 is 0 Å². The van der Waals surface area contributed by atoms with Gasteiger partial charge in [-0.25, -0.2) is 35.9 Å². The van der Waals surface area contributed by atoms with Crippen LogP contribution in [0.15, 0.2) is 54.9 Å². The summed E-state index contributed by atoms with van der Waals surface area (Å²) in [5, 5.41) is 8.87. The summed E-state index contributed by atoms with van der Waals surface area (Å²) in [7, 11) is -0.139. The molecule has 0 spiro atoms. The minimum absolute atomic E-state index is 0.0442. The molecule has 0 aliphatic heterocycles. The first-order chi connectivity index (χ1) is 28.6. The SMILES string of the molecule is Cn1ccnc1C(C)(C)C#Cc1ccc(-c2ccc(Cl)c3c(CS(C)(=O)=O)nn(C)c23)c([C@@H](CC(=O)Cn2nc(C(F)F)c3c2C(F)(F)[C@@H]2C[C@H]32)Cc2cc(F)cc(F)c2)n1. The molecule has 318 valence electrons. The molecule has 10 nitrogen and oxygen atoms in total. The van der Waals surface area contributed by atoms with Crippen LogP contribution in [0.4, 0.5) is 26.3 Å². The van der Waals surface area contributed by atoms with Crippen LogP contribution in [0.1, 0.15) is 90.4 Å². The number of halogens is 7. The van der Waals surface area contributed by atoms with E-state index in [-0.39, 0.29) is 46.1 Å². The smallest absolute Gasteiger partial charge is 0.293 e. The Morgan fingerprint density at radius 3 is 2.39 bits per heavy atom. The highest BCUT2D eigenvalue weighted by Crippen LogP contribution is 2.68. The molecule has 0 N–H and O–H groups in total. The highest BCUT2D eigenvalue weighted by Gasteiger charge is 2.67. The third kappa shape index (κ3) is 7.96. The van der Waals surface area contributed by atoms with Gasteiger partial charge in [-0.05, 0) is 74.4 Å². The molecule has 18 heteroatoms. The lowest BCUT2D eigenvalue weighted by Crippen LogP contribution is -2.24. The number of Topliss-reactive ketones (excluding diaryl/α,β-unsaturated/α-hetero) is 1. The number of hydrogen-bond acceptors (Lipinski definition) is 7. The number of benzene rings is 2. The number of alkyl halides is 4. The second-order valence-corrected chi connectivity index (χ2v) is 19.0. The molecule has 3 atom stereocenters. The highest BCUT2D eigenvalue weighted by molar-refractivity contribution is 7.89. The Balaban J connectivity index is 1.29. The summed E-state index contributed by atoms with van der Waals surface area (Å²) in [6.07, 6.45) is 0.725. The Hall–Kier alpha value is -5.47. The van der Waals surface area contributed by atoms with E-state index in [1.807, 2.05) is 25.5 Å². The van der Waals surface area contributed by atoms with Crippen LogP contribution in [0, 0.1) is 29.4 Å². The Bertz CT molecular complexity index is 2930. The molecule has 0 radical (unpaired) electrons. The van der Waals surface area contributed by atoms with Crippen molar-refractivity contribution in [2.45, 2.75) is 75.0 Å². The van der Waals surface area contributed by atoms with E-state index in [1.165, 1.54) is 4.68 Å². The Morgan fingerprint density at radius 1 is 1.03 bits per heavy atom. The van der Waals surface area contributed by atoms with Crippen LogP contribution in [-0.4, -0.2) is 54.6 Å². The van der Waals surface area contributed by atoms with Crippen molar-refractivity contribution in [3.63, 3.8) is 0 Å². The summed E-state index contributed by atoms with van der Waals surface area (Å²) in [5.41, 5.74) is -0.427. The number of carbonyl (C=O) groups excluding carboxylic acids is 1. The first kappa shape index (κ1) is 42.2. The third-order valence-electron chi connectivity index (χ3n) is 11.3. The number of hydrogen-bond donors (Lipinski definition) is 0. The molecule has 6 aromatic rings. The number of fused-ring (bicyclic) bond motifs is 4. The van der Waals surface area contributed by atoms with Gasteiger partial charge in [0, 0.05) is 79.1 Å². The number of ketones is 1. The molecule has 61 heavy (non-hydrogen) atoms. The van der Waals surface area contributed by atoms with Gasteiger partial charge in [-0.1, -0.05) is 23.6 Å². The van der Waals surface area contributed by atoms with Gasteiger partial charge in [-0.15, -0.1) is 0 Å².